The molecule has 0 saturated carbocycles. The fourth-order valence-electron chi connectivity index (χ4n) is 1.70. The molecular weight excluding hydrogens is 264 g/mol. The molecule has 0 amide bonds. The zero-order valence-electron chi connectivity index (χ0n) is 11.2. The van der Waals surface area contributed by atoms with Gasteiger partial charge in [0.15, 0.2) is 0 Å². The van der Waals surface area contributed by atoms with Crippen molar-refractivity contribution in [2.45, 2.75) is 31.8 Å². The Hall–Kier alpha value is -1.40. The first-order valence-corrected chi connectivity index (χ1v) is 7.55. The van der Waals surface area contributed by atoms with E-state index in [-0.39, 0.29) is 16.9 Å². The second-order valence-electron chi connectivity index (χ2n) is 5.67. The number of amidine groups is 1. The van der Waals surface area contributed by atoms with Crippen molar-refractivity contribution in [2.24, 2.45) is 10.4 Å². The highest BCUT2D eigenvalue weighted by atomic mass is 32.2. The van der Waals surface area contributed by atoms with Crippen molar-refractivity contribution >= 4 is 15.9 Å². The predicted octanol–water partition coefficient (Wildman–Crippen LogP) is 1.13. The van der Waals surface area contributed by atoms with Crippen molar-refractivity contribution in [1.82, 2.24) is 4.72 Å². The number of hydrogen-bond acceptors (Lipinski definition) is 4. The van der Waals surface area contributed by atoms with Gasteiger partial charge in [0, 0.05) is 5.56 Å². The summed E-state index contributed by atoms with van der Waals surface area (Å²) < 4.78 is 26.1. The summed E-state index contributed by atoms with van der Waals surface area (Å²) in [6.07, 6.45) is -0.628. The molecular formula is C13H18N2O3S. The predicted molar refractivity (Wildman–Crippen MR) is 73.6 cm³/mol. The number of nitrogens with zero attached hydrogens (tertiary/aromatic N) is 1. The molecule has 6 heteroatoms. The highest BCUT2D eigenvalue weighted by Crippen LogP contribution is 2.23. The van der Waals surface area contributed by atoms with E-state index in [1.165, 1.54) is 0 Å². The van der Waals surface area contributed by atoms with Gasteiger partial charge in [-0.25, -0.2) is 8.42 Å². The van der Waals surface area contributed by atoms with Crippen molar-refractivity contribution in [2.75, 3.05) is 6.54 Å². The van der Waals surface area contributed by atoms with Crippen molar-refractivity contribution in [1.29, 1.82) is 0 Å². The third kappa shape index (κ3) is 2.79. The molecule has 0 aliphatic carbocycles. The molecule has 0 fully saturated rings. The van der Waals surface area contributed by atoms with Crippen molar-refractivity contribution in [3.05, 3.63) is 29.8 Å². The highest BCUT2D eigenvalue weighted by molar-refractivity contribution is 7.90. The van der Waals surface area contributed by atoms with Crippen molar-refractivity contribution < 1.29 is 13.5 Å². The van der Waals surface area contributed by atoms with E-state index in [0.29, 0.717) is 11.4 Å². The van der Waals surface area contributed by atoms with Crippen LogP contribution < -0.4 is 4.72 Å². The molecule has 1 atom stereocenters. The Balaban J connectivity index is 2.30. The van der Waals surface area contributed by atoms with Gasteiger partial charge >= 0.3 is 0 Å². The molecule has 0 spiro atoms. The summed E-state index contributed by atoms with van der Waals surface area (Å²) in [6.45, 7) is 5.88. The van der Waals surface area contributed by atoms with Gasteiger partial charge in [0.25, 0.3) is 10.0 Å². The van der Waals surface area contributed by atoms with Crippen LogP contribution >= 0.6 is 0 Å². The van der Waals surface area contributed by atoms with Gasteiger partial charge in [0.05, 0.1) is 17.5 Å². The molecule has 1 heterocycles. The van der Waals surface area contributed by atoms with Gasteiger partial charge in [-0.3, -0.25) is 9.71 Å². The van der Waals surface area contributed by atoms with Crippen LogP contribution in [-0.2, 0) is 10.0 Å². The molecule has 1 aromatic carbocycles. The quantitative estimate of drug-likeness (QED) is 0.853. The number of rotatable bonds is 2. The van der Waals surface area contributed by atoms with Crippen LogP contribution in [0.2, 0.25) is 0 Å². The summed E-state index contributed by atoms with van der Waals surface area (Å²) in [5.41, 5.74) is 0.268. The summed E-state index contributed by atoms with van der Waals surface area (Å²) >= 11 is 0. The molecule has 0 aromatic heterocycles. The largest absolute Gasteiger partial charge is 0.391 e. The average molecular weight is 282 g/mol. The molecule has 0 unspecified atom stereocenters. The lowest BCUT2D eigenvalue weighted by Gasteiger charge is -2.24. The number of aliphatic imine (C=N–C) groups is 1. The number of benzene rings is 1. The van der Waals surface area contributed by atoms with E-state index in [1.807, 2.05) is 20.8 Å². The highest BCUT2D eigenvalue weighted by Gasteiger charge is 2.30. The standard InChI is InChI=1S/C13H18N2O3S/c1-13(2,3)11(16)8-14-12-9-6-4-5-7-10(9)19(17,18)15-12/h4-7,11,16H,8H2,1-3H3,(H,14,15)/t11-/m1/s1. The second kappa shape index (κ2) is 4.61. The smallest absolute Gasteiger partial charge is 0.263 e. The van der Waals surface area contributed by atoms with Crippen molar-refractivity contribution in [3.8, 4) is 0 Å². The topological polar surface area (TPSA) is 78.8 Å². The fourth-order valence-corrected chi connectivity index (χ4v) is 2.95. The Kier molecular flexibility index (Phi) is 3.40. The number of nitrogens with one attached hydrogen (secondary N) is 1. The first-order valence-electron chi connectivity index (χ1n) is 6.06. The van der Waals surface area contributed by atoms with Gasteiger partial charge in [-0.2, -0.15) is 0 Å². The maximum absolute atomic E-state index is 11.9. The molecule has 2 N–H and O–H groups in total. The molecule has 2 rings (SSSR count). The first-order chi connectivity index (χ1) is 8.72. The number of aliphatic hydroxyl groups is 1. The normalized spacial score (nSPS) is 20.9. The second-order valence-corrected chi connectivity index (χ2v) is 7.32. The van der Waals surface area contributed by atoms with E-state index in [9.17, 15) is 13.5 Å². The molecule has 19 heavy (non-hydrogen) atoms. The summed E-state index contributed by atoms with van der Waals surface area (Å²) in [6, 6.07) is 6.68. The fraction of sp³-hybridized carbons (Fsp3) is 0.462. The molecule has 5 nitrogen and oxygen atoms in total. The number of fused-ring (bicyclic) bond motifs is 1. The lowest BCUT2D eigenvalue weighted by molar-refractivity contribution is 0.0713. The Morgan fingerprint density at radius 2 is 1.95 bits per heavy atom. The van der Waals surface area contributed by atoms with Crippen LogP contribution in [0.3, 0.4) is 0 Å². The Labute approximate surface area is 113 Å². The zero-order chi connectivity index (χ0) is 14.3. The van der Waals surface area contributed by atoms with Crippen LogP contribution in [0, 0.1) is 5.41 Å². The van der Waals surface area contributed by atoms with E-state index in [0.717, 1.165) is 0 Å². The minimum Gasteiger partial charge on any atom is -0.391 e. The van der Waals surface area contributed by atoms with E-state index in [4.69, 9.17) is 0 Å². The Bertz CT molecular complexity index is 615. The van der Waals surface area contributed by atoms with Crippen LogP contribution in [0.15, 0.2) is 34.2 Å². The number of hydrogen-bond donors (Lipinski definition) is 2. The molecule has 0 saturated heterocycles. The lowest BCUT2D eigenvalue weighted by Crippen LogP contribution is -2.30. The van der Waals surface area contributed by atoms with Crippen LogP contribution in [-0.4, -0.2) is 32.0 Å². The van der Waals surface area contributed by atoms with Gasteiger partial charge in [0.1, 0.15) is 5.84 Å². The van der Waals surface area contributed by atoms with Crippen LogP contribution in [0.5, 0.6) is 0 Å². The van der Waals surface area contributed by atoms with Gasteiger partial charge in [0.2, 0.25) is 0 Å². The van der Waals surface area contributed by atoms with Gasteiger partial charge in [-0.1, -0.05) is 32.9 Å². The third-order valence-electron chi connectivity index (χ3n) is 3.08. The zero-order valence-corrected chi connectivity index (χ0v) is 12.0. The summed E-state index contributed by atoms with van der Waals surface area (Å²) in [5.74, 6) is 0.305. The molecule has 0 bridgehead atoms. The monoisotopic (exact) mass is 282 g/mol. The molecule has 104 valence electrons. The van der Waals surface area contributed by atoms with Gasteiger partial charge in [-0.05, 0) is 17.5 Å². The van der Waals surface area contributed by atoms with Gasteiger partial charge < -0.3 is 5.11 Å². The van der Waals surface area contributed by atoms with E-state index in [1.54, 1.807) is 24.3 Å². The van der Waals surface area contributed by atoms with Crippen molar-refractivity contribution in [3.63, 3.8) is 0 Å². The maximum Gasteiger partial charge on any atom is 0.263 e. The first kappa shape index (κ1) is 14.0. The van der Waals surface area contributed by atoms with Crippen LogP contribution in [0.1, 0.15) is 26.3 Å². The van der Waals surface area contributed by atoms with Crippen LogP contribution in [0.4, 0.5) is 0 Å². The van der Waals surface area contributed by atoms with E-state index >= 15 is 0 Å². The summed E-state index contributed by atoms with van der Waals surface area (Å²) in [5, 5.41) is 9.94. The minimum absolute atomic E-state index is 0.162. The van der Waals surface area contributed by atoms with Gasteiger partial charge in [-0.15, -0.1) is 0 Å². The SMILES string of the molecule is CC(C)(C)[C@H](O)CN=C1NS(=O)(=O)c2ccccc21. The average Bonchev–Trinajstić information content (AvgIpc) is 2.58. The van der Waals surface area contributed by atoms with E-state index < -0.39 is 16.1 Å². The number of aliphatic hydroxyl groups excluding tert-OH is 1. The van der Waals surface area contributed by atoms with Crippen LogP contribution in [0.25, 0.3) is 0 Å². The summed E-state index contributed by atoms with van der Waals surface area (Å²) in [4.78, 5) is 4.44. The van der Waals surface area contributed by atoms with E-state index in [2.05, 4.69) is 9.71 Å². The molecule has 1 aromatic rings. The lowest BCUT2D eigenvalue weighted by atomic mass is 9.89. The molecule has 1 aliphatic heterocycles. The maximum atomic E-state index is 11.9. The minimum atomic E-state index is -3.50. The Morgan fingerprint density at radius 3 is 2.58 bits per heavy atom. The number of sulfonamides is 1. The third-order valence-corrected chi connectivity index (χ3v) is 4.48. The molecule has 1 aliphatic rings. The molecule has 0 radical (unpaired) electrons. The Morgan fingerprint density at radius 1 is 1.32 bits per heavy atom. The summed E-state index contributed by atoms with van der Waals surface area (Å²) in [7, 11) is -3.50.